The summed E-state index contributed by atoms with van der Waals surface area (Å²) in [6, 6.07) is 0. The first-order chi connectivity index (χ1) is 5.29. The van der Waals surface area contributed by atoms with E-state index in [0.717, 1.165) is 12.8 Å². The normalized spacial score (nSPS) is 41.9. The summed E-state index contributed by atoms with van der Waals surface area (Å²) in [6.45, 7) is 0. The Morgan fingerprint density at radius 2 is 2.18 bits per heavy atom. The van der Waals surface area contributed by atoms with Crippen molar-refractivity contribution in [2.24, 2.45) is 11.8 Å². The third kappa shape index (κ3) is 0.959. The third-order valence-electron chi connectivity index (χ3n) is 2.39. The molecule has 3 atom stereocenters. The molecule has 0 spiro atoms. The van der Waals surface area contributed by atoms with Gasteiger partial charge in [-0.15, -0.1) is 0 Å². The molecule has 0 aromatic rings. The molecule has 3 heteroatoms. The number of hydrogen-bond acceptors (Lipinski definition) is 3. The molecule has 1 saturated heterocycles. The molecular weight excluding hydrogens is 144 g/mol. The first kappa shape index (κ1) is 6.85. The van der Waals surface area contributed by atoms with Crippen molar-refractivity contribution in [3.05, 3.63) is 12.2 Å². The molecule has 1 heterocycles. The highest BCUT2D eigenvalue weighted by molar-refractivity contribution is 5.75. The van der Waals surface area contributed by atoms with Crippen LogP contribution in [-0.4, -0.2) is 17.4 Å². The minimum atomic E-state index is -0.863. The topological polar surface area (TPSA) is 46.5 Å². The van der Waals surface area contributed by atoms with Gasteiger partial charge in [0.05, 0.1) is 5.92 Å². The monoisotopic (exact) mass is 154 g/mol. The average Bonchev–Trinajstić information content (AvgIpc) is 2.30. The molecule has 1 fully saturated rings. The van der Waals surface area contributed by atoms with Crippen LogP contribution in [-0.2, 0) is 9.53 Å². The molecule has 0 amide bonds. The zero-order chi connectivity index (χ0) is 7.84. The van der Waals surface area contributed by atoms with Crippen LogP contribution in [0.25, 0.3) is 0 Å². The number of aliphatic hydroxyl groups excluding tert-OH is 1. The minimum Gasteiger partial charge on any atom is -0.435 e. The largest absolute Gasteiger partial charge is 0.435 e. The van der Waals surface area contributed by atoms with Gasteiger partial charge in [0.15, 0.2) is 0 Å². The van der Waals surface area contributed by atoms with Gasteiger partial charge in [-0.25, -0.2) is 0 Å². The van der Waals surface area contributed by atoms with Crippen LogP contribution >= 0.6 is 0 Å². The Morgan fingerprint density at radius 3 is 2.91 bits per heavy atom. The molecule has 0 bridgehead atoms. The Labute approximate surface area is 64.7 Å². The van der Waals surface area contributed by atoms with Gasteiger partial charge >= 0.3 is 5.97 Å². The number of fused-ring (bicyclic) bond motifs is 1. The van der Waals surface area contributed by atoms with Crippen LogP contribution in [0, 0.1) is 11.8 Å². The Hall–Kier alpha value is -0.830. The van der Waals surface area contributed by atoms with Crippen molar-refractivity contribution in [1.29, 1.82) is 0 Å². The minimum absolute atomic E-state index is 0.00694. The number of allylic oxidation sites excluding steroid dienone is 2. The number of esters is 1. The standard InChI is InChI=1S/C8H10O3/c9-7-5-3-1-2-4-6(5)8(10)11-7/h1-2,5-7,9H,3-4H2. The van der Waals surface area contributed by atoms with Gasteiger partial charge in [-0.1, -0.05) is 12.2 Å². The fraction of sp³-hybridized carbons (Fsp3) is 0.625. The van der Waals surface area contributed by atoms with E-state index in [0.29, 0.717) is 0 Å². The number of ether oxygens (including phenoxy) is 1. The quantitative estimate of drug-likeness (QED) is 0.407. The van der Waals surface area contributed by atoms with Gasteiger partial charge in [-0.05, 0) is 12.8 Å². The number of carbonyl (C=O) groups excluding carboxylic acids is 1. The highest BCUT2D eigenvalue weighted by atomic mass is 16.6. The van der Waals surface area contributed by atoms with Crippen molar-refractivity contribution in [2.75, 3.05) is 0 Å². The Bertz CT molecular complexity index is 209. The molecule has 0 saturated carbocycles. The van der Waals surface area contributed by atoms with Crippen molar-refractivity contribution in [1.82, 2.24) is 0 Å². The van der Waals surface area contributed by atoms with Crippen LogP contribution in [0.3, 0.4) is 0 Å². The van der Waals surface area contributed by atoms with Gasteiger partial charge < -0.3 is 9.84 Å². The lowest BCUT2D eigenvalue weighted by atomic mass is 9.85. The van der Waals surface area contributed by atoms with E-state index in [-0.39, 0.29) is 17.8 Å². The molecule has 1 aliphatic heterocycles. The average molecular weight is 154 g/mol. The van der Waals surface area contributed by atoms with Crippen molar-refractivity contribution in [3.63, 3.8) is 0 Å². The Kier molecular flexibility index (Phi) is 1.46. The van der Waals surface area contributed by atoms with Crippen LogP contribution in [0.5, 0.6) is 0 Å². The molecule has 1 N–H and O–H groups in total. The molecule has 0 aromatic heterocycles. The summed E-state index contributed by atoms with van der Waals surface area (Å²) >= 11 is 0. The highest BCUT2D eigenvalue weighted by Gasteiger charge is 2.43. The van der Waals surface area contributed by atoms with E-state index in [4.69, 9.17) is 0 Å². The SMILES string of the molecule is O=C1OC(O)C2CC=CCC12. The van der Waals surface area contributed by atoms with Crippen LogP contribution < -0.4 is 0 Å². The molecule has 2 rings (SSSR count). The summed E-state index contributed by atoms with van der Waals surface area (Å²) < 4.78 is 4.68. The van der Waals surface area contributed by atoms with Crippen molar-refractivity contribution in [3.8, 4) is 0 Å². The first-order valence-electron chi connectivity index (χ1n) is 3.82. The molecule has 0 radical (unpaired) electrons. The predicted molar refractivity (Wildman–Crippen MR) is 37.5 cm³/mol. The molecular formula is C8H10O3. The zero-order valence-corrected chi connectivity index (χ0v) is 6.06. The predicted octanol–water partition coefficient (Wildman–Crippen LogP) is 0.444. The van der Waals surface area contributed by atoms with E-state index < -0.39 is 6.29 Å². The molecule has 3 nitrogen and oxygen atoms in total. The molecule has 1 aliphatic carbocycles. The highest BCUT2D eigenvalue weighted by Crippen LogP contribution is 2.35. The maximum absolute atomic E-state index is 11.0. The molecule has 2 aliphatic rings. The number of cyclic esters (lactones) is 1. The number of hydrogen-bond donors (Lipinski definition) is 1. The van der Waals surface area contributed by atoms with Gasteiger partial charge in [0.1, 0.15) is 0 Å². The second-order valence-electron chi connectivity index (χ2n) is 3.04. The fourth-order valence-electron chi connectivity index (χ4n) is 1.72. The van der Waals surface area contributed by atoms with Crippen LogP contribution in [0.1, 0.15) is 12.8 Å². The number of carbonyl (C=O) groups is 1. The van der Waals surface area contributed by atoms with E-state index in [2.05, 4.69) is 4.74 Å². The summed E-state index contributed by atoms with van der Waals surface area (Å²) in [4.78, 5) is 11.0. The maximum atomic E-state index is 11.0. The van der Waals surface area contributed by atoms with E-state index >= 15 is 0 Å². The van der Waals surface area contributed by atoms with Crippen LogP contribution in [0.2, 0.25) is 0 Å². The van der Waals surface area contributed by atoms with Gasteiger partial charge in [0.25, 0.3) is 0 Å². The number of aliphatic hydroxyl groups is 1. The summed E-state index contributed by atoms with van der Waals surface area (Å²) in [5.41, 5.74) is 0. The van der Waals surface area contributed by atoms with E-state index in [1.807, 2.05) is 12.2 Å². The van der Waals surface area contributed by atoms with Crippen LogP contribution in [0.15, 0.2) is 12.2 Å². The van der Waals surface area contributed by atoms with E-state index in [1.54, 1.807) is 0 Å². The third-order valence-corrected chi connectivity index (χ3v) is 2.39. The number of rotatable bonds is 0. The fourth-order valence-corrected chi connectivity index (χ4v) is 1.72. The maximum Gasteiger partial charge on any atom is 0.312 e. The Morgan fingerprint density at radius 1 is 1.45 bits per heavy atom. The van der Waals surface area contributed by atoms with Gasteiger partial charge in [-0.2, -0.15) is 0 Å². The van der Waals surface area contributed by atoms with Crippen molar-refractivity contribution >= 4 is 5.97 Å². The van der Waals surface area contributed by atoms with Gasteiger partial charge in [0, 0.05) is 5.92 Å². The summed E-state index contributed by atoms with van der Waals surface area (Å²) in [5, 5.41) is 9.22. The molecule has 3 unspecified atom stereocenters. The second-order valence-corrected chi connectivity index (χ2v) is 3.04. The lowest BCUT2D eigenvalue weighted by Crippen LogP contribution is -2.21. The van der Waals surface area contributed by atoms with Gasteiger partial charge in [-0.3, -0.25) is 4.79 Å². The Balaban J connectivity index is 2.21. The van der Waals surface area contributed by atoms with Crippen molar-refractivity contribution in [2.45, 2.75) is 19.1 Å². The van der Waals surface area contributed by atoms with Gasteiger partial charge in [0.2, 0.25) is 6.29 Å². The summed E-state index contributed by atoms with van der Waals surface area (Å²) in [6.07, 6.45) is 4.59. The smallest absolute Gasteiger partial charge is 0.312 e. The second kappa shape index (κ2) is 2.34. The zero-order valence-electron chi connectivity index (χ0n) is 6.06. The lowest BCUT2D eigenvalue weighted by molar-refractivity contribution is -0.156. The van der Waals surface area contributed by atoms with Crippen LogP contribution in [0.4, 0.5) is 0 Å². The van der Waals surface area contributed by atoms with E-state index in [9.17, 15) is 9.90 Å². The van der Waals surface area contributed by atoms with E-state index in [1.165, 1.54) is 0 Å². The summed E-state index contributed by atoms with van der Waals surface area (Å²) in [5.74, 6) is -0.325. The molecule has 0 aromatic carbocycles. The first-order valence-corrected chi connectivity index (χ1v) is 3.82. The summed E-state index contributed by atoms with van der Waals surface area (Å²) in [7, 11) is 0. The van der Waals surface area contributed by atoms with Crippen molar-refractivity contribution < 1.29 is 14.6 Å². The lowest BCUT2D eigenvalue weighted by Gasteiger charge is -2.17. The molecule has 11 heavy (non-hydrogen) atoms. The molecule has 60 valence electrons.